The molecule has 0 aliphatic heterocycles. The standard InChI is InChI=1S/C12H15N3O2/c1-8-4-5-9(7-10(8)16)12-15-14-11(17-12)3-2-6-13/h4-5,7,16H,2-3,6,13H2,1H3. The summed E-state index contributed by atoms with van der Waals surface area (Å²) < 4.78 is 5.48. The molecule has 0 aliphatic rings. The lowest BCUT2D eigenvalue weighted by molar-refractivity contribution is 0.470. The third-order valence-corrected chi connectivity index (χ3v) is 2.52. The summed E-state index contributed by atoms with van der Waals surface area (Å²) in [6.07, 6.45) is 1.50. The van der Waals surface area contributed by atoms with Crippen LogP contribution in [0.15, 0.2) is 22.6 Å². The molecule has 0 saturated heterocycles. The minimum atomic E-state index is 0.226. The highest BCUT2D eigenvalue weighted by Gasteiger charge is 2.09. The maximum Gasteiger partial charge on any atom is 0.247 e. The zero-order chi connectivity index (χ0) is 12.3. The molecule has 0 spiro atoms. The van der Waals surface area contributed by atoms with Crippen molar-refractivity contribution in [2.75, 3.05) is 6.54 Å². The molecule has 5 nitrogen and oxygen atoms in total. The van der Waals surface area contributed by atoms with Crippen molar-refractivity contribution in [1.29, 1.82) is 0 Å². The highest BCUT2D eigenvalue weighted by atomic mass is 16.4. The Kier molecular flexibility index (Phi) is 3.39. The fourth-order valence-corrected chi connectivity index (χ4v) is 1.47. The van der Waals surface area contributed by atoms with E-state index < -0.39 is 0 Å². The smallest absolute Gasteiger partial charge is 0.247 e. The summed E-state index contributed by atoms with van der Waals surface area (Å²) in [7, 11) is 0. The van der Waals surface area contributed by atoms with Crippen molar-refractivity contribution < 1.29 is 9.52 Å². The Balaban J connectivity index is 2.21. The van der Waals surface area contributed by atoms with Gasteiger partial charge in [0.15, 0.2) is 0 Å². The summed E-state index contributed by atoms with van der Waals surface area (Å²) in [6, 6.07) is 5.28. The van der Waals surface area contributed by atoms with E-state index in [4.69, 9.17) is 10.2 Å². The number of phenols is 1. The Bertz CT molecular complexity index is 508. The van der Waals surface area contributed by atoms with Gasteiger partial charge in [-0.15, -0.1) is 10.2 Å². The van der Waals surface area contributed by atoms with E-state index in [1.807, 2.05) is 19.1 Å². The molecule has 2 rings (SSSR count). The first kappa shape index (κ1) is 11.6. The number of aryl methyl sites for hydroxylation is 2. The number of aromatic nitrogens is 2. The van der Waals surface area contributed by atoms with Gasteiger partial charge in [-0.25, -0.2) is 0 Å². The summed E-state index contributed by atoms with van der Waals surface area (Å²) in [6.45, 7) is 2.43. The van der Waals surface area contributed by atoms with Gasteiger partial charge >= 0.3 is 0 Å². The van der Waals surface area contributed by atoms with Crippen LogP contribution in [-0.2, 0) is 6.42 Å². The number of aromatic hydroxyl groups is 1. The van der Waals surface area contributed by atoms with Gasteiger partial charge in [-0.1, -0.05) is 6.07 Å². The van der Waals surface area contributed by atoms with E-state index in [-0.39, 0.29) is 5.75 Å². The van der Waals surface area contributed by atoms with Crippen LogP contribution in [0.2, 0.25) is 0 Å². The minimum absolute atomic E-state index is 0.226. The summed E-state index contributed by atoms with van der Waals surface area (Å²) in [5.74, 6) is 1.22. The van der Waals surface area contributed by atoms with Crippen LogP contribution in [0.25, 0.3) is 11.5 Å². The fraction of sp³-hybridized carbons (Fsp3) is 0.333. The monoisotopic (exact) mass is 233 g/mol. The van der Waals surface area contributed by atoms with Gasteiger partial charge in [0.1, 0.15) is 5.75 Å². The van der Waals surface area contributed by atoms with Crippen LogP contribution in [-0.4, -0.2) is 21.8 Å². The Morgan fingerprint density at radius 1 is 1.35 bits per heavy atom. The van der Waals surface area contributed by atoms with Crippen molar-refractivity contribution in [3.63, 3.8) is 0 Å². The summed E-state index contributed by atoms with van der Waals surface area (Å²) in [4.78, 5) is 0. The summed E-state index contributed by atoms with van der Waals surface area (Å²) in [5.41, 5.74) is 6.95. The molecule has 2 aromatic rings. The van der Waals surface area contributed by atoms with Gasteiger partial charge in [-0.05, 0) is 37.6 Å². The Morgan fingerprint density at radius 3 is 2.88 bits per heavy atom. The highest BCUT2D eigenvalue weighted by molar-refractivity contribution is 5.57. The zero-order valence-electron chi connectivity index (χ0n) is 9.68. The average Bonchev–Trinajstić information content (AvgIpc) is 2.79. The van der Waals surface area contributed by atoms with Crippen LogP contribution in [0.1, 0.15) is 17.9 Å². The first-order valence-corrected chi connectivity index (χ1v) is 5.53. The molecule has 0 saturated carbocycles. The minimum Gasteiger partial charge on any atom is -0.508 e. The van der Waals surface area contributed by atoms with Crippen molar-refractivity contribution in [3.8, 4) is 17.2 Å². The lowest BCUT2D eigenvalue weighted by atomic mass is 10.1. The molecule has 90 valence electrons. The molecule has 0 aliphatic carbocycles. The van der Waals surface area contributed by atoms with Crippen LogP contribution < -0.4 is 5.73 Å². The van der Waals surface area contributed by atoms with E-state index in [1.54, 1.807) is 6.07 Å². The molecule has 3 N–H and O–H groups in total. The third kappa shape index (κ3) is 2.62. The molecule has 5 heteroatoms. The molecular weight excluding hydrogens is 218 g/mol. The van der Waals surface area contributed by atoms with Crippen molar-refractivity contribution in [1.82, 2.24) is 10.2 Å². The highest BCUT2D eigenvalue weighted by Crippen LogP contribution is 2.25. The van der Waals surface area contributed by atoms with Gasteiger partial charge in [0.05, 0.1) is 0 Å². The summed E-state index contributed by atoms with van der Waals surface area (Å²) >= 11 is 0. The Labute approximate surface area is 99.3 Å². The number of phenolic OH excluding ortho intramolecular Hbond substituents is 1. The van der Waals surface area contributed by atoms with E-state index >= 15 is 0 Å². The number of rotatable bonds is 4. The van der Waals surface area contributed by atoms with E-state index in [9.17, 15) is 5.11 Å². The second kappa shape index (κ2) is 4.97. The lowest BCUT2D eigenvalue weighted by Crippen LogP contribution is -2.00. The largest absolute Gasteiger partial charge is 0.508 e. The molecule has 0 bridgehead atoms. The van der Waals surface area contributed by atoms with E-state index in [0.717, 1.165) is 17.5 Å². The van der Waals surface area contributed by atoms with Crippen molar-refractivity contribution in [3.05, 3.63) is 29.7 Å². The summed E-state index contributed by atoms with van der Waals surface area (Å²) in [5, 5.41) is 17.5. The van der Waals surface area contributed by atoms with Crippen LogP contribution in [0.4, 0.5) is 0 Å². The normalized spacial score (nSPS) is 10.7. The molecular formula is C12H15N3O2. The van der Waals surface area contributed by atoms with Crippen LogP contribution in [0.5, 0.6) is 5.75 Å². The molecule has 1 aromatic heterocycles. The maximum absolute atomic E-state index is 9.60. The van der Waals surface area contributed by atoms with Gasteiger partial charge in [0.25, 0.3) is 0 Å². The number of nitrogens with two attached hydrogens (primary N) is 1. The SMILES string of the molecule is Cc1ccc(-c2nnc(CCCN)o2)cc1O. The molecule has 0 atom stereocenters. The van der Waals surface area contributed by atoms with Gasteiger partial charge in [-0.3, -0.25) is 0 Å². The first-order chi connectivity index (χ1) is 8.20. The second-order valence-electron chi connectivity index (χ2n) is 3.89. The predicted molar refractivity (Wildman–Crippen MR) is 63.5 cm³/mol. The molecule has 0 radical (unpaired) electrons. The average molecular weight is 233 g/mol. The second-order valence-corrected chi connectivity index (χ2v) is 3.89. The first-order valence-electron chi connectivity index (χ1n) is 5.53. The van der Waals surface area contributed by atoms with E-state index in [1.165, 1.54) is 0 Å². The Hall–Kier alpha value is -1.88. The fourth-order valence-electron chi connectivity index (χ4n) is 1.47. The molecule has 1 aromatic carbocycles. The molecule has 0 fully saturated rings. The maximum atomic E-state index is 9.60. The van der Waals surface area contributed by atoms with Crippen molar-refractivity contribution in [2.24, 2.45) is 5.73 Å². The van der Waals surface area contributed by atoms with Gasteiger partial charge in [-0.2, -0.15) is 0 Å². The van der Waals surface area contributed by atoms with E-state index in [0.29, 0.717) is 24.7 Å². The number of hydrogen-bond acceptors (Lipinski definition) is 5. The van der Waals surface area contributed by atoms with Gasteiger partial charge in [0.2, 0.25) is 11.8 Å². The van der Waals surface area contributed by atoms with Crippen molar-refractivity contribution in [2.45, 2.75) is 19.8 Å². The molecule has 0 unspecified atom stereocenters. The third-order valence-electron chi connectivity index (χ3n) is 2.52. The van der Waals surface area contributed by atoms with Crippen LogP contribution in [0, 0.1) is 6.92 Å². The quantitative estimate of drug-likeness (QED) is 0.838. The number of hydrogen-bond donors (Lipinski definition) is 2. The lowest BCUT2D eigenvalue weighted by Gasteiger charge is -1.99. The molecule has 1 heterocycles. The van der Waals surface area contributed by atoms with Crippen LogP contribution in [0.3, 0.4) is 0 Å². The van der Waals surface area contributed by atoms with Gasteiger partial charge in [0, 0.05) is 12.0 Å². The van der Waals surface area contributed by atoms with E-state index in [2.05, 4.69) is 10.2 Å². The zero-order valence-corrected chi connectivity index (χ0v) is 9.68. The predicted octanol–water partition coefficient (Wildman–Crippen LogP) is 1.64. The van der Waals surface area contributed by atoms with Gasteiger partial charge < -0.3 is 15.3 Å². The Morgan fingerprint density at radius 2 is 2.18 bits per heavy atom. The van der Waals surface area contributed by atoms with Crippen LogP contribution >= 0.6 is 0 Å². The molecule has 17 heavy (non-hydrogen) atoms. The number of benzene rings is 1. The molecule has 0 amide bonds. The number of nitrogens with zero attached hydrogens (tertiary/aromatic N) is 2. The van der Waals surface area contributed by atoms with Crippen molar-refractivity contribution >= 4 is 0 Å². The topological polar surface area (TPSA) is 85.2 Å².